The number of nitrogens with one attached hydrogen (secondary N) is 2. The first-order valence-electron chi connectivity index (χ1n) is 4.46. The Balaban J connectivity index is 4.89. The predicted octanol–water partition coefficient (Wildman–Crippen LogP) is -1.13. The van der Waals surface area contributed by atoms with Crippen LogP contribution in [0.15, 0.2) is 0 Å². The van der Waals surface area contributed by atoms with E-state index in [2.05, 4.69) is 4.72 Å². The van der Waals surface area contributed by atoms with E-state index in [1.165, 1.54) is 0 Å². The van der Waals surface area contributed by atoms with Crippen LogP contribution in [-0.4, -0.2) is 40.1 Å². The molecule has 9 heteroatoms. The second-order valence-electron chi connectivity index (χ2n) is 3.95. The van der Waals surface area contributed by atoms with Crippen LogP contribution in [0.4, 0.5) is 0 Å². The van der Waals surface area contributed by atoms with Gasteiger partial charge in [-0.05, 0) is 5.92 Å². The molecule has 0 fully saturated rings. The number of amidine groups is 1. The first-order chi connectivity index (χ1) is 6.94. The van der Waals surface area contributed by atoms with Crippen LogP contribution < -0.4 is 10.5 Å². The van der Waals surface area contributed by atoms with Crippen molar-refractivity contribution in [3.8, 4) is 0 Å². The average molecular weight is 271 g/mol. The van der Waals surface area contributed by atoms with Crippen LogP contribution >= 0.6 is 0 Å². The van der Waals surface area contributed by atoms with Crippen molar-refractivity contribution in [2.75, 3.05) is 11.3 Å². The molecule has 0 aliphatic carbocycles. The lowest BCUT2D eigenvalue weighted by Gasteiger charge is -2.20. The third-order valence-corrected chi connectivity index (χ3v) is 5.24. The molecule has 0 bridgehead atoms. The Labute approximate surface area is 95.9 Å². The van der Waals surface area contributed by atoms with Crippen LogP contribution in [-0.2, 0) is 19.9 Å². The summed E-state index contributed by atoms with van der Waals surface area (Å²) in [7, 11) is -7.63. The van der Waals surface area contributed by atoms with Crippen LogP contribution in [0.1, 0.15) is 13.8 Å². The molecule has 0 spiro atoms. The lowest BCUT2D eigenvalue weighted by molar-refractivity contribution is 0.524. The molecule has 0 aromatic heterocycles. The van der Waals surface area contributed by atoms with Crippen LogP contribution in [0, 0.1) is 11.3 Å². The highest BCUT2D eigenvalue weighted by molar-refractivity contribution is 8.06. The smallest absolute Gasteiger partial charge is 0.226 e. The van der Waals surface area contributed by atoms with Gasteiger partial charge in [-0.15, -0.1) is 0 Å². The third kappa shape index (κ3) is 6.03. The minimum Gasteiger partial charge on any atom is -0.386 e. The molecule has 0 aliphatic heterocycles. The molecule has 0 heterocycles. The van der Waals surface area contributed by atoms with Crippen molar-refractivity contribution in [3.05, 3.63) is 0 Å². The van der Waals surface area contributed by atoms with Crippen LogP contribution in [0.2, 0.25) is 0 Å². The van der Waals surface area contributed by atoms with Gasteiger partial charge in [-0.25, -0.2) is 21.6 Å². The second kappa shape index (κ2) is 5.11. The standard InChI is InChI=1S/C7H17N3O4S2/c1-5(2)6(7(8)9)10-16(13,14)4-15(3,11)12/h5-6,10H,4H2,1-3H3,(H3,8,9). The van der Waals surface area contributed by atoms with Crippen molar-refractivity contribution in [2.45, 2.75) is 19.9 Å². The zero-order valence-corrected chi connectivity index (χ0v) is 11.0. The summed E-state index contributed by atoms with van der Waals surface area (Å²) in [5.74, 6) is -0.570. The summed E-state index contributed by atoms with van der Waals surface area (Å²) in [5, 5.41) is 6.19. The Morgan fingerprint density at radius 3 is 2.00 bits per heavy atom. The van der Waals surface area contributed by atoms with Gasteiger partial charge in [0.05, 0.1) is 6.04 Å². The van der Waals surface area contributed by atoms with Gasteiger partial charge < -0.3 is 5.73 Å². The van der Waals surface area contributed by atoms with E-state index in [1.807, 2.05) is 0 Å². The zero-order chi connectivity index (χ0) is 13.1. The van der Waals surface area contributed by atoms with Crippen molar-refractivity contribution in [1.82, 2.24) is 4.72 Å². The van der Waals surface area contributed by atoms with E-state index in [4.69, 9.17) is 11.1 Å². The van der Waals surface area contributed by atoms with Gasteiger partial charge in [0.2, 0.25) is 10.0 Å². The monoisotopic (exact) mass is 271 g/mol. The Morgan fingerprint density at radius 1 is 1.31 bits per heavy atom. The van der Waals surface area contributed by atoms with Gasteiger partial charge in [0.25, 0.3) is 0 Å². The fourth-order valence-corrected chi connectivity index (χ4v) is 4.38. The SMILES string of the molecule is CC(C)C(NS(=O)(=O)CS(C)(=O)=O)C(=N)N. The van der Waals surface area contributed by atoms with Crippen molar-refractivity contribution >= 4 is 25.7 Å². The lowest BCUT2D eigenvalue weighted by atomic mass is 10.1. The minimum absolute atomic E-state index is 0.230. The summed E-state index contributed by atoms with van der Waals surface area (Å²) >= 11 is 0. The topological polar surface area (TPSA) is 130 Å². The normalized spacial score (nSPS) is 15.0. The zero-order valence-electron chi connectivity index (χ0n) is 9.39. The Kier molecular flexibility index (Phi) is 4.89. The maximum absolute atomic E-state index is 11.4. The van der Waals surface area contributed by atoms with Crippen LogP contribution in [0.25, 0.3) is 0 Å². The molecule has 16 heavy (non-hydrogen) atoms. The summed E-state index contributed by atoms with van der Waals surface area (Å²) in [6, 6.07) is -0.883. The lowest BCUT2D eigenvalue weighted by Crippen LogP contribution is -2.48. The number of rotatable bonds is 6. The van der Waals surface area contributed by atoms with Gasteiger partial charge in [-0.3, -0.25) is 5.41 Å². The van der Waals surface area contributed by atoms with Gasteiger partial charge in [0.1, 0.15) is 5.84 Å². The molecule has 0 radical (unpaired) electrons. The maximum atomic E-state index is 11.4. The highest BCUT2D eigenvalue weighted by atomic mass is 32.3. The number of sulfone groups is 1. The molecule has 0 saturated heterocycles. The van der Waals surface area contributed by atoms with E-state index >= 15 is 0 Å². The Hall–Kier alpha value is -0.670. The quantitative estimate of drug-likeness (QED) is 0.415. The minimum atomic E-state index is -3.99. The number of hydrogen-bond donors (Lipinski definition) is 3. The molecule has 96 valence electrons. The van der Waals surface area contributed by atoms with E-state index in [0.717, 1.165) is 6.26 Å². The molecule has 0 aromatic carbocycles. The number of nitrogens with two attached hydrogens (primary N) is 1. The van der Waals surface area contributed by atoms with Crippen molar-refractivity contribution in [3.63, 3.8) is 0 Å². The van der Waals surface area contributed by atoms with E-state index in [0.29, 0.717) is 0 Å². The summed E-state index contributed by atoms with van der Waals surface area (Å²) < 4.78 is 46.7. The molecular formula is C7H17N3O4S2. The molecule has 0 rings (SSSR count). The molecule has 0 amide bonds. The molecule has 1 unspecified atom stereocenters. The van der Waals surface area contributed by atoms with E-state index in [-0.39, 0.29) is 11.8 Å². The summed E-state index contributed by atoms with van der Waals surface area (Å²) in [6.45, 7) is 3.35. The van der Waals surface area contributed by atoms with Crippen molar-refractivity contribution in [2.24, 2.45) is 11.7 Å². The Morgan fingerprint density at radius 2 is 1.75 bits per heavy atom. The number of sulfonamides is 1. The Bertz CT molecular complexity index is 452. The van der Waals surface area contributed by atoms with Gasteiger partial charge >= 0.3 is 0 Å². The van der Waals surface area contributed by atoms with Gasteiger partial charge in [0, 0.05) is 6.26 Å². The highest BCUT2D eigenvalue weighted by Crippen LogP contribution is 2.04. The highest BCUT2D eigenvalue weighted by Gasteiger charge is 2.25. The van der Waals surface area contributed by atoms with Gasteiger partial charge in [-0.1, -0.05) is 13.8 Å². The predicted molar refractivity (Wildman–Crippen MR) is 62.3 cm³/mol. The maximum Gasteiger partial charge on any atom is 0.226 e. The van der Waals surface area contributed by atoms with Crippen molar-refractivity contribution in [1.29, 1.82) is 5.41 Å². The fourth-order valence-electron chi connectivity index (χ4n) is 1.07. The average Bonchev–Trinajstić information content (AvgIpc) is 1.94. The van der Waals surface area contributed by atoms with E-state index in [1.54, 1.807) is 13.8 Å². The second-order valence-corrected chi connectivity index (χ2v) is 8.21. The van der Waals surface area contributed by atoms with Crippen LogP contribution in [0.3, 0.4) is 0 Å². The number of hydrogen-bond acceptors (Lipinski definition) is 5. The third-order valence-electron chi connectivity index (χ3n) is 1.68. The first kappa shape index (κ1) is 15.3. The van der Waals surface area contributed by atoms with E-state index in [9.17, 15) is 16.8 Å². The summed E-state index contributed by atoms with van der Waals surface area (Å²) in [4.78, 5) is 0. The van der Waals surface area contributed by atoms with Crippen LogP contribution in [0.5, 0.6) is 0 Å². The molecule has 0 aromatic rings. The van der Waals surface area contributed by atoms with Crippen molar-refractivity contribution < 1.29 is 16.8 Å². The molecule has 4 N–H and O–H groups in total. The van der Waals surface area contributed by atoms with Gasteiger partial charge in [0.15, 0.2) is 14.9 Å². The fraction of sp³-hybridized carbons (Fsp3) is 0.857. The first-order valence-corrected chi connectivity index (χ1v) is 8.17. The largest absolute Gasteiger partial charge is 0.386 e. The summed E-state index contributed by atoms with van der Waals surface area (Å²) in [6.07, 6.45) is 0.824. The van der Waals surface area contributed by atoms with E-state index < -0.39 is 31.0 Å². The molecule has 1 atom stereocenters. The molecule has 7 nitrogen and oxygen atoms in total. The van der Waals surface area contributed by atoms with Gasteiger partial charge in [-0.2, -0.15) is 0 Å². The summed E-state index contributed by atoms with van der Waals surface area (Å²) in [5.41, 5.74) is 5.22. The molecule has 0 aliphatic rings. The molecule has 0 saturated carbocycles. The molecular weight excluding hydrogens is 254 g/mol.